The molecule has 0 bridgehead atoms. The first kappa shape index (κ1) is 9.47. The summed E-state index contributed by atoms with van der Waals surface area (Å²) in [4.78, 5) is 1.99. The molecule has 0 rings (SSSR count). The predicted octanol–water partition coefficient (Wildman–Crippen LogP) is 2.10. The summed E-state index contributed by atoms with van der Waals surface area (Å²) in [6, 6.07) is 0. The van der Waals surface area contributed by atoms with E-state index in [0.717, 1.165) is 6.42 Å². The van der Waals surface area contributed by atoms with Gasteiger partial charge < -0.3 is 4.90 Å². The van der Waals surface area contributed by atoms with Gasteiger partial charge in [0.1, 0.15) is 0 Å². The Morgan fingerprint density at radius 1 is 1.40 bits per heavy atom. The summed E-state index contributed by atoms with van der Waals surface area (Å²) in [6.07, 6.45) is 0.813. The van der Waals surface area contributed by atoms with Crippen LogP contribution >= 0.6 is 0 Å². The van der Waals surface area contributed by atoms with Gasteiger partial charge in [0, 0.05) is 19.0 Å². The average molecular weight is 142 g/mol. The maximum absolute atomic E-state index is 7.52. The molecule has 0 saturated heterocycles. The maximum atomic E-state index is 7.52. The number of hydrogen-bond donors (Lipinski definition) is 1. The van der Waals surface area contributed by atoms with Crippen LogP contribution in [0.25, 0.3) is 0 Å². The largest absolute Gasteiger partial charge is 0.359 e. The van der Waals surface area contributed by atoms with Crippen LogP contribution in [0.1, 0.15) is 34.1 Å². The zero-order chi connectivity index (χ0) is 8.36. The normalized spacial score (nSPS) is 11.3. The van der Waals surface area contributed by atoms with Crippen LogP contribution in [-0.2, 0) is 0 Å². The van der Waals surface area contributed by atoms with Crippen molar-refractivity contribution in [3.63, 3.8) is 0 Å². The summed E-state index contributed by atoms with van der Waals surface area (Å²) in [5.74, 6) is 0.701. The highest BCUT2D eigenvalue weighted by Gasteiger charge is 2.17. The standard InChI is InChI=1S/C8H18N2/c1-6-7(9)10(5)8(2,3)4/h9H,6H2,1-5H3. The fourth-order valence-corrected chi connectivity index (χ4v) is 0.642. The Morgan fingerprint density at radius 3 is 1.90 bits per heavy atom. The monoisotopic (exact) mass is 142 g/mol. The molecule has 10 heavy (non-hydrogen) atoms. The van der Waals surface area contributed by atoms with Gasteiger partial charge in [-0.15, -0.1) is 0 Å². The van der Waals surface area contributed by atoms with Gasteiger partial charge in [-0.25, -0.2) is 0 Å². The van der Waals surface area contributed by atoms with Gasteiger partial charge in [-0.05, 0) is 20.8 Å². The molecule has 0 amide bonds. The summed E-state index contributed by atoms with van der Waals surface area (Å²) < 4.78 is 0. The van der Waals surface area contributed by atoms with Crippen LogP contribution in [0.3, 0.4) is 0 Å². The summed E-state index contributed by atoms with van der Waals surface area (Å²) >= 11 is 0. The highest BCUT2D eigenvalue weighted by molar-refractivity contribution is 5.79. The Kier molecular flexibility index (Phi) is 2.88. The quantitative estimate of drug-likeness (QED) is 0.440. The Hall–Kier alpha value is -0.530. The van der Waals surface area contributed by atoms with Crippen molar-refractivity contribution in [2.75, 3.05) is 7.05 Å². The minimum atomic E-state index is 0.0904. The third-order valence-electron chi connectivity index (χ3n) is 1.75. The van der Waals surface area contributed by atoms with E-state index < -0.39 is 0 Å². The first-order valence-corrected chi connectivity index (χ1v) is 3.71. The van der Waals surface area contributed by atoms with Crippen LogP contribution < -0.4 is 0 Å². The molecule has 1 N–H and O–H groups in total. The zero-order valence-corrected chi connectivity index (χ0v) is 7.65. The molecule has 0 heterocycles. The van der Waals surface area contributed by atoms with Gasteiger partial charge in [-0.1, -0.05) is 6.92 Å². The van der Waals surface area contributed by atoms with Gasteiger partial charge in [-0.2, -0.15) is 0 Å². The number of nitrogens with zero attached hydrogens (tertiary/aromatic N) is 1. The van der Waals surface area contributed by atoms with E-state index in [1.165, 1.54) is 0 Å². The van der Waals surface area contributed by atoms with Crippen LogP contribution in [0.15, 0.2) is 0 Å². The van der Waals surface area contributed by atoms with E-state index in [2.05, 4.69) is 20.8 Å². The number of nitrogens with one attached hydrogen (secondary N) is 1. The third kappa shape index (κ3) is 2.38. The molecule has 0 aliphatic rings. The van der Waals surface area contributed by atoms with Gasteiger partial charge in [0.2, 0.25) is 0 Å². The lowest BCUT2D eigenvalue weighted by molar-refractivity contribution is 0.276. The number of rotatable bonds is 1. The van der Waals surface area contributed by atoms with Crippen molar-refractivity contribution in [1.29, 1.82) is 5.41 Å². The molecule has 0 aliphatic carbocycles. The Bertz CT molecular complexity index is 122. The maximum Gasteiger partial charge on any atom is 0.0956 e. The Balaban J connectivity index is 4.08. The van der Waals surface area contributed by atoms with Crippen LogP contribution in [0.2, 0.25) is 0 Å². The Labute approximate surface area is 63.7 Å². The topological polar surface area (TPSA) is 27.1 Å². The second-order valence-corrected chi connectivity index (χ2v) is 3.53. The highest BCUT2D eigenvalue weighted by Crippen LogP contribution is 2.11. The smallest absolute Gasteiger partial charge is 0.0956 e. The van der Waals surface area contributed by atoms with E-state index in [-0.39, 0.29) is 5.54 Å². The molecule has 0 aromatic rings. The average Bonchev–Trinajstić information content (AvgIpc) is 1.83. The minimum absolute atomic E-state index is 0.0904. The molecule has 60 valence electrons. The molecule has 0 fully saturated rings. The second kappa shape index (κ2) is 3.04. The summed E-state index contributed by atoms with van der Waals surface area (Å²) in [5, 5.41) is 7.52. The highest BCUT2D eigenvalue weighted by atomic mass is 15.2. The summed E-state index contributed by atoms with van der Waals surface area (Å²) in [5.41, 5.74) is 0.0904. The van der Waals surface area contributed by atoms with Crippen molar-refractivity contribution in [3.8, 4) is 0 Å². The fourth-order valence-electron chi connectivity index (χ4n) is 0.642. The number of amidine groups is 1. The molecule has 0 atom stereocenters. The van der Waals surface area contributed by atoms with Crippen molar-refractivity contribution in [3.05, 3.63) is 0 Å². The van der Waals surface area contributed by atoms with Crippen LogP contribution in [0.5, 0.6) is 0 Å². The second-order valence-electron chi connectivity index (χ2n) is 3.53. The van der Waals surface area contributed by atoms with Gasteiger partial charge in [0.15, 0.2) is 0 Å². The van der Waals surface area contributed by atoms with E-state index in [9.17, 15) is 0 Å². The van der Waals surface area contributed by atoms with E-state index in [1.54, 1.807) is 0 Å². The van der Waals surface area contributed by atoms with Gasteiger partial charge in [-0.3, -0.25) is 5.41 Å². The zero-order valence-electron chi connectivity index (χ0n) is 7.65. The molecule has 0 saturated carbocycles. The lowest BCUT2D eigenvalue weighted by Crippen LogP contribution is -2.41. The molecule has 0 aromatic carbocycles. The molecule has 2 nitrogen and oxygen atoms in total. The first-order chi connectivity index (χ1) is 4.39. The van der Waals surface area contributed by atoms with Gasteiger partial charge in [0.25, 0.3) is 0 Å². The molecular formula is C8H18N2. The molecule has 0 radical (unpaired) electrons. The van der Waals surface area contributed by atoms with Gasteiger partial charge in [0.05, 0.1) is 5.84 Å². The lowest BCUT2D eigenvalue weighted by Gasteiger charge is -2.33. The molecule has 0 unspecified atom stereocenters. The molecule has 0 spiro atoms. The molecule has 2 heteroatoms. The van der Waals surface area contributed by atoms with E-state index in [0.29, 0.717) is 5.84 Å². The van der Waals surface area contributed by atoms with E-state index in [4.69, 9.17) is 5.41 Å². The van der Waals surface area contributed by atoms with E-state index in [1.807, 2.05) is 18.9 Å². The Morgan fingerprint density at radius 2 is 1.80 bits per heavy atom. The van der Waals surface area contributed by atoms with E-state index >= 15 is 0 Å². The summed E-state index contributed by atoms with van der Waals surface area (Å²) in [6.45, 7) is 8.33. The SMILES string of the molecule is CCC(=N)N(C)C(C)(C)C. The van der Waals surface area contributed by atoms with Crippen molar-refractivity contribution >= 4 is 5.84 Å². The lowest BCUT2D eigenvalue weighted by atomic mass is 10.1. The van der Waals surface area contributed by atoms with Crippen LogP contribution in [-0.4, -0.2) is 23.3 Å². The van der Waals surface area contributed by atoms with Gasteiger partial charge >= 0.3 is 0 Å². The third-order valence-corrected chi connectivity index (χ3v) is 1.75. The molecular weight excluding hydrogens is 124 g/mol. The van der Waals surface area contributed by atoms with Crippen molar-refractivity contribution < 1.29 is 0 Å². The first-order valence-electron chi connectivity index (χ1n) is 3.71. The van der Waals surface area contributed by atoms with Crippen LogP contribution in [0, 0.1) is 5.41 Å². The van der Waals surface area contributed by atoms with Crippen molar-refractivity contribution in [2.24, 2.45) is 0 Å². The van der Waals surface area contributed by atoms with Crippen LogP contribution in [0.4, 0.5) is 0 Å². The molecule has 0 aromatic heterocycles. The number of hydrogen-bond acceptors (Lipinski definition) is 1. The van der Waals surface area contributed by atoms with Crippen molar-refractivity contribution in [1.82, 2.24) is 4.90 Å². The predicted molar refractivity (Wildman–Crippen MR) is 45.5 cm³/mol. The minimum Gasteiger partial charge on any atom is -0.359 e. The fraction of sp³-hybridized carbons (Fsp3) is 0.875. The molecule has 0 aliphatic heterocycles. The van der Waals surface area contributed by atoms with Crippen molar-refractivity contribution in [2.45, 2.75) is 39.7 Å². The summed E-state index contributed by atoms with van der Waals surface area (Å²) in [7, 11) is 1.96.